The minimum atomic E-state index is -0.336. The molecule has 0 saturated heterocycles. The Balaban J connectivity index is 1.53. The molecule has 0 radical (unpaired) electrons. The highest BCUT2D eigenvalue weighted by Crippen LogP contribution is 2.45. The van der Waals surface area contributed by atoms with Crippen LogP contribution in [0.1, 0.15) is 50.0 Å². The van der Waals surface area contributed by atoms with Gasteiger partial charge in [0.25, 0.3) is 0 Å². The molecule has 178 valence electrons. The minimum absolute atomic E-state index is 0.132. The monoisotopic (exact) mass is 456 g/mol. The lowest BCUT2D eigenvalue weighted by molar-refractivity contribution is 0.0812. The van der Waals surface area contributed by atoms with Crippen LogP contribution in [-0.4, -0.2) is 33.8 Å². The number of ether oxygens (including phenoxy) is 1. The maximum Gasteiger partial charge on any atom is 0.191 e. The van der Waals surface area contributed by atoms with Crippen molar-refractivity contribution in [1.82, 2.24) is 15.3 Å². The molecule has 1 aromatic rings. The molecule has 5 N–H and O–H groups in total. The van der Waals surface area contributed by atoms with Gasteiger partial charge in [-0.25, -0.2) is 9.37 Å². The van der Waals surface area contributed by atoms with Gasteiger partial charge in [-0.1, -0.05) is 13.2 Å². The topological polar surface area (TPSA) is 115 Å². The van der Waals surface area contributed by atoms with Gasteiger partial charge in [0.2, 0.25) is 0 Å². The number of oxazole rings is 1. The molecule has 1 saturated carbocycles. The molecule has 0 bridgehead atoms. The van der Waals surface area contributed by atoms with Gasteiger partial charge in [-0.3, -0.25) is 16.3 Å². The Morgan fingerprint density at radius 1 is 1.42 bits per heavy atom. The van der Waals surface area contributed by atoms with Crippen molar-refractivity contribution >= 4 is 5.71 Å². The predicted molar refractivity (Wildman–Crippen MR) is 125 cm³/mol. The van der Waals surface area contributed by atoms with E-state index in [1.54, 1.807) is 6.08 Å². The quantitative estimate of drug-likeness (QED) is 0.312. The van der Waals surface area contributed by atoms with E-state index in [1.807, 2.05) is 18.7 Å². The van der Waals surface area contributed by atoms with E-state index in [0.717, 1.165) is 30.7 Å². The number of aromatic nitrogens is 1. The first-order valence-electron chi connectivity index (χ1n) is 11.3. The summed E-state index contributed by atoms with van der Waals surface area (Å²) in [5.74, 6) is 7.79. The Morgan fingerprint density at radius 2 is 2.18 bits per heavy atom. The van der Waals surface area contributed by atoms with Crippen molar-refractivity contribution in [1.29, 1.82) is 0 Å². The van der Waals surface area contributed by atoms with Crippen molar-refractivity contribution < 1.29 is 13.5 Å². The molecular formula is C24H33FN6O2. The molecule has 1 aromatic heterocycles. The van der Waals surface area contributed by atoms with E-state index in [2.05, 4.69) is 28.6 Å². The number of aliphatic imine (C=N–C) groups is 1. The lowest BCUT2D eigenvalue weighted by atomic mass is 9.80. The van der Waals surface area contributed by atoms with E-state index in [-0.39, 0.29) is 29.8 Å². The number of hydrogen-bond donors (Lipinski definition) is 3. The number of rotatable bonds is 8. The number of allylic oxidation sites excluding steroid dienone is 2. The molecule has 33 heavy (non-hydrogen) atoms. The number of nitrogens with two attached hydrogens (primary N) is 2. The Hall–Kier alpha value is -2.91. The molecule has 0 unspecified atom stereocenters. The van der Waals surface area contributed by atoms with Gasteiger partial charge in [-0.05, 0) is 25.3 Å². The highest BCUT2D eigenvalue weighted by Gasteiger charge is 2.43. The van der Waals surface area contributed by atoms with Gasteiger partial charge < -0.3 is 19.8 Å². The molecule has 9 heteroatoms. The van der Waals surface area contributed by atoms with Gasteiger partial charge in [-0.15, -0.1) is 0 Å². The van der Waals surface area contributed by atoms with Gasteiger partial charge in [0.15, 0.2) is 5.89 Å². The molecule has 0 spiro atoms. The normalized spacial score (nSPS) is 25.0. The van der Waals surface area contributed by atoms with Crippen LogP contribution in [0.4, 0.5) is 4.39 Å². The van der Waals surface area contributed by atoms with Crippen LogP contribution in [0.5, 0.6) is 0 Å². The maximum absolute atomic E-state index is 14.7. The van der Waals surface area contributed by atoms with Crippen LogP contribution in [0.3, 0.4) is 0 Å². The van der Waals surface area contributed by atoms with Gasteiger partial charge in [-0.2, -0.15) is 0 Å². The number of halogens is 1. The van der Waals surface area contributed by atoms with Crippen LogP contribution >= 0.6 is 0 Å². The van der Waals surface area contributed by atoms with Crippen molar-refractivity contribution in [3.05, 3.63) is 65.8 Å². The standard InChI is InChI=1S/C24H33FN6O2/c1-5-28-18(12-23(26)31-9-6-21-20(13-31)29-15(3)32-21)14(2)16-10-22(33-24(4)7-8-24)17(25)11-19(16)30-27/h5,12,16,19,30H,1-2,6-11,13,26-27H2,3-4H3/b23-12+,28-18+/t16-,19-/m1/s1. The summed E-state index contributed by atoms with van der Waals surface area (Å²) >= 11 is 0. The zero-order chi connectivity index (χ0) is 23.8. The first-order chi connectivity index (χ1) is 15.7. The Labute approximate surface area is 193 Å². The van der Waals surface area contributed by atoms with Crippen LogP contribution in [0.15, 0.2) is 57.8 Å². The summed E-state index contributed by atoms with van der Waals surface area (Å²) in [6.07, 6.45) is 6.30. The van der Waals surface area contributed by atoms with Crippen molar-refractivity contribution in [2.75, 3.05) is 6.54 Å². The smallest absolute Gasteiger partial charge is 0.191 e. The number of aryl methyl sites for hydroxylation is 1. The van der Waals surface area contributed by atoms with E-state index in [4.69, 9.17) is 20.7 Å². The second kappa shape index (κ2) is 9.15. The largest absolute Gasteiger partial charge is 0.489 e. The Morgan fingerprint density at radius 3 is 2.85 bits per heavy atom. The number of hydrogen-bond acceptors (Lipinski definition) is 8. The molecule has 1 fully saturated rings. The summed E-state index contributed by atoms with van der Waals surface area (Å²) in [6.45, 7) is 13.1. The summed E-state index contributed by atoms with van der Waals surface area (Å²) in [4.78, 5) is 10.9. The van der Waals surface area contributed by atoms with E-state index in [1.165, 1.54) is 6.20 Å². The van der Waals surface area contributed by atoms with E-state index >= 15 is 0 Å². The fourth-order valence-corrected chi connectivity index (χ4v) is 4.40. The molecule has 2 atom stereocenters. The lowest BCUT2D eigenvalue weighted by Gasteiger charge is -2.34. The number of fused-ring (bicyclic) bond motifs is 1. The minimum Gasteiger partial charge on any atom is -0.489 e. The average molecular weight is 457 g/mol. The summed E-state index contributed by atoms with van der Waals surface area (Å²) in [6, 6.07) is -0.336. The van der Waals surface area contributed by atoms with Gasteiger partial charge >= 0.3 is 0 Å². The predicted octanol–water partition coefficient (Wildman–Crippen LogP) is 3.27. The zero-order valence-corrected chi connectivity index (χ0v) is 19.4. The Kier molecular flexibility index (Phi) is 6.45. The first kappa shape index (κ1) is 23.3. The highest BCUT2D eigenvalue weighted by atomic mass is 19.1. The second-order valence-corrected chi connectivity index (χ2v) is 9.23. The fourth-order valence-electron chi connectivity index (χ4n) is 4.40. The van der Waals surface area contributed by atoms with E-state index < -0.39 is 0 Å². The lowest BCUT2D eigenvalue weighted by Crippen LogP contribution is -2.45. The van der Waals surface area contributed by atoms with Crippen molar-refractivity contribution in [2.24, 2.45) is 22.5 Å². The fraction of sp³-hybridized carbons (Fsp3) is 0.500. The molecular weight excluding hydrogens is 423 g/mol. The third-order valence-corrected chi connectivity index (χ3v) is 6.62. The molecule has 1 aliphatic heterocycles. The van der Waals surface area contributed by atoms with Crippen LogP contribution in [0.25, 0.3) is 0 Å². The van der Waals surface area contributed by atoms with E-state index in [9.17, 15) is 4.39 Å². The van der Waals surface area contributed by atoms with Crippen LogP contribution in [0, 0.1) is 12.8 Å². The van der Waals surface area contributed by atoms with Crippen LogP contribution < -0.4 is 17.0 Å². The Bertz CT molecular complexity index is 1040. The summed E-state index contributed by atoms with van der Waals surface area (Å²) in [5, 5.41) is 0. The second-order valence-electron chi connectivity index (χ2n) is 9.23. The van der Waals surface area contributed by atoms with Crippen molar-refractivity contribution in [3.8, 4) is 0 Å². The third-order valence-electron chi connectivity index (χ3n) is 6.62. The summed E-state index contributed by atoms with van der Waals surface area (Å²) < 4.78 is 26.4. The average Bonchev–Trinajstić information content (AvgIpc) is 3.38. The number of nitrogens with zero attached hydrogens (tertiary/aromatic N) is 3. The molecule has 0 amide bonds. The van der Waals surface area contributed by atoms with E-state index in [0.29, 0.717) is 48.3 Å². The van der Waals surface area contributed by atoms with Crippen LogP contribution in [0.2, 0.25) is 0 Å². The van der Waals surface area contributed by atoms with Gasteiger partial charge in [0, 0.05) is 57.0 Å². The molecule has 2 heterocycles. The zero-order valence-electron chi connectivity index (χ0n) is 19.4. The maximum atomic E-state index is 14.7. The van der Waals surface area contributed by atoms with Gasteiger partial charge in [0.1, 0.15) is 34.5 Å². The molecule has 0 aromatic carbocycles. The first-order valence-corrected chi connectivity index (χ1v) is 11.3. The highest BCUT2D eigenvalue weighted by molar-refractivity contribution is 6.09. The summed E-state index contributed by atoms with van der Waals surface area (Å²) in [5.41, 5.74) is 11.1. The number of hydrazine groups is 1. The van der Waals surface area contributed by atoms with Crippen molar-refractivity contribution in [3.63, 3.8) is 0 Å². The third kappa shape index (κ3) is 5.04. The molecule has 3 aliphatic rings. The SMILES string of the molecule is C=C/N=C(\C=C(/N)N1CCc2oc(C)nc2C1)C(=C)[C@H]1CC(OC2(C)CC2)=C(F)C[C@H]1NN. The van der Waals surface area contributed by atoms with Gasteiger partial charge in [0.05, 0.1) is 12.3 Å². The molecule has 4 rings (SSSR count). The molecule has 8 nitrogen and oxygen atoms in total. The van der Waals surface area contributed by atoms with Crippen molar-refractivity contribution in [2.45, 2.75) is 64.1 Å². The summed E-state index contributed by atoms with van der Waals surface area (Å²) in [7, 11) is 0. The van der Waals surface area contributed by atoms with Crippen LogP contribution in [-0.2, 0) is 17.7 Å². The number of nitrogens with one attached hydrogen (secondary N) is 1. The molecule has 2 aliphatic carbocycles.